The molecule has 0 spiro atoms. The van der Waals surface area contributed by atoms with Gasteiger partial charge in [0.2, 0.25) is 0 Å². The van der Waals surface area contributed by atoms with Crippen LogP contribution in [0.1, 0.15) is 18.1 Å². The van der Waals surface area contributed by atoms with Crippen LogP contribution in [-0.2, 0) is 14.8 Å². The molecule has 1 N–H and O–H groups in total. The second kappa shape index (κ2) is 8.89. The molecule has 0 radical (unpaired) electrons. The predicted octanol–water partition coefficient (Wildman–Crippen LogP) is 2.72. The Morgan fingerprint density at radius 2 is 1.68 bits per heavy atom. The molecule has 1 aliphatic heterocycles. The van der Waals surface area contributed by atoms with Gasteiger partial charge in [0.1, 0.15) is 12.4 Å². The second-order valence-electron chi connectivity index (χ2n) is 7.02. The number of fused-ring (bicyclic) bond motifs is 1. The zero-order valence-corrected chi connectivity index (χ0v) is 19.0. The molecule has 1 heterocycles. The standard InChI is InChI=1S/C22H26N2O6S/c1-14-8-6-7-9-18(14)30-11-10-23-22(25)21-15(2)16-12-19(28-4)20(29-5)13-17(16)24(3)31(21,26)27/h6-9,12-13H,10-11H2,1-5H3,(H,23,25). The third kappa shape index (κ3) is 4.18. The quantitative estimate of drug-likeness (QED) is 0.658. The van der Waals surface area contributed by atoms with E-state index < -0.39 is 15.9 Å². The van der Waals surface area contributed by atoms with Gasteiger partial charge in [0.15, 0.2) is 16.4 Å². The topological polar surface area (TPSA) is 94.2 Å². The Balaban J connectivity index is 1.85. The van der Waals surface area contributed by atoms with Gasteiger partial charge in [-0.2, -0.15) is 0 Å². The number of anilines is 1. The number of hydrogen-bond acceptors (Lipinski definition) is 6. The third-order valence-corrected chi connectivity index (χ3v) is 7.07. The number of nitrogens with zero attached hydrogens (tertiary/aromatic N) is 1. The average molecular weight is 447 g/mol. The van der Waals surface area contributed by atoms with E-state index in [4.69, 9.17) is 14.2 Å². The molecule has 1 amide bonds. The van der Waals surface area contributed by atoms with E-state index in [1.54, 1.807) is 19.1 Å². The van der Waals surface area contributed by atoms with Gasteiger partial charge in [-0.05, 0) is 37.1 Å². The van der Waals surface area contributed by atoms with Gasteiger partial charge in [0.05, 0.1) is 26.5 Å². The van der Waals surface area contributed by atoms with Gasteiger partial charge < -0.3 is 19.5 Å². The Bertz CT molecular complexity index is 1140. The first-order valence-electron chi connectivity index (χ1n) is 9.65. The van der Waals surface area contributed by atoms with Crippen LogP contribution in [0.5, 0.6) is 17.2 Å². The van der Waals surface area contributed by atoms with Crippen molar-refractivity contribution in [2.45, 2.75) is 13.8 Å². The summed E-state index contributed by atoms with van der Waals surface area (Å²) in [5.41, 5.74) is 2.31. The zero-order valence-electron chi connectivity index (χ0n) is 18.2. The Morgan fingerprint density at radius 3 is 2.32 bits per heavy atom. The van der Waals surface area contributed by atoms with Gasteiger partial charge in [0.25, 0.3) is 15.9 Å². The Kier molecular flexibility index (Phi) is 6.45. The minimum absolute atomic E-state index is 0.155. The van der Waals surface area contributed by atoms with Crippen molar-refractivity contribution in [2.24, 2.45) is 0 Å². The highest BCUT2D eigenvalue weighted by Crippen LogP contribution is 2.44. The molecule has 1 aliphatic rings. The summed E-state index contributed by atoms with van der Waals surface area (Å²) in [7, 11) is 0.332. The first-order chi connectivity index (χ1) is 14.7. The fourth-order valence-electron chi connectivity index (χ4n) is 3.42. The van der Waals surface area contributed by atoms with Crippen LogP contribution in [0.4, 0.5) is 5.69 Å². The largest absolute Gasteiger partial charge is 0.493 e. The second-order valence-corrected chi connectivity index (χ2v) is 8.93. The number of allylic oxidation sites excluding steroid dienone is 1. The number of ether oxygens (including phenoxy) is 3. The fraction of sp³-hybridized carbons (Fsp3) is 0.318. The Hall–Kier alpha value is -3.20. The van der Waals surface area contributed by atoms with Crippen molar-refractivity contribution < 1.29 is 27.4 Å². The maximum absolute atomic E-state index is 13.1. The smallest absolute Gasteiger partial charge is 0.269 e. The zero-order chi connectivity index (χ0) is 22.8. The number of sulfonamides is 1. The lowest BCUT2D eigenvalue weighted by Gasteiger charge is -2.30. The number of aryl methyl sites for hydroxylation is 1. The van der Waals surface area contributed by atoms with E-state index in [1.807, 2.05) is 31.2 Å². The molecule has 31 heavy (non-hydrogen) atoms. The number of carbonyl (C=O) groups excluding carboxylic acids is 1. The van der Waals surface area contributed by atoms with Crippen molar-refractivity contribution in [3.05, 3.63) is 52.4 Å². The minimum atomic E-state index is -4.04. The maximum Gasteiger partial charge on any atom is 0.269 e. The maximum atomic E-state index is 13.1. The van der Waals surface area contributed by atoms with Crippen molar-refractivity contribution in [3.8, 4) is 17.2 Å². The summed E-state index contributed by atoms with van der Waals surface area (Å²) < 4.78 is 43.5. The van der Waals surface area contributed by atoms with Gasteiger partial charge in [0, 0.05) is 18.7 Å². The monoisotopic (exact) mass is 446 g/mol. The van der Waals surface area contributed by atoms with E-state index in [1.165, 1.54) is 21.3 Å². The summed E-state index contributed by atoms with van der Waals surface area (Å²) in [6.07, 6.45) is 0. The summed E-state index contributed by atoms with van der Waals surface area (Å²) >= 11 is 0. The summed E-state index contributed by atoms with van der Waals surface area (Å²) in [5.74, 6) is 0.877. The van der Waals surface area contributed by atoms with E-state index >= 15 is 0 Å². The number of hydrogen-bond donors (Lipinski definition) is 1. The van der Waals surface area contributed by atoms with E-state index in [0.717, 1.165) is 9.87 Å². The molecule has 9 heteroatoms. The van der Waals surface area contributed by atoms with Crippen LogP contribution in [0.25, 0.3) is 5.57 Å². The van der Waals surface area contributed by atoms with E-state index in [2.05, 4.69) is 5.32 Å². The van der Waals surface area contributed by atoms with Crippen LogP contribution in [0.2, 0.25) is 0 Å². The van der Waals surface area contributed by atoms with Crippen LogP contribution < -0.4 is 23.8 Å². The number of carbonyl (C=O) groups is 1. The molecule has 0 aromatic heterocycles. The molecular weight excluding hydrogens is 420 g/mol. The Morgan fingerprint density at radius 1 is 1.03 bits per heavy atom. The molecule has 0 fully saturated rings. The lowest BCUT2D eigenvalue weighted by molar-refractivity contribution is -0.116. The molecule has 0 atom stereocenters. The minimum Gasteiger partial charge on any atom is -0.493 e. The van der Waals surface area contributed by atoms with E-state index in [0.29, 0.717) is 34.1 Å². The third-order valence-electron chi connectivity index (χ3n) is 5.15. The number of methoxy groups -OCH3 is 2. The SMILES string of the molecule is COc1cc2c(cc1OC)N(C)S(=O)(=O)C(C(=O)NCCOc1ccccc1C)=C2C. The first-order valence-corrected chi connectivity index (χ1v) is 11.1. The molecule has 2 aromatic carbocycles. The molecule has 0 unspecified atom stereocenters. The van der Waals surface area contributed by atoms with Gasteiger partial charge in [-0.1, -0.05) is 18.2 Å². The molecule has 0 aliphatic carbocycles. The molecule has 3 rings (SSSR count). The van der Waals surface area contributed by atoms with Gasteiger partial charge in [-0.15, -0.1) is 0 Å². The molecule has 166 valence electrons. The van der Waals surface area contributed by atoms with E-state index in [-0.39, 0.29) is 18.1 Å². The summed E-state index contributed by atoms with van der Waals surface area (Å²) in [4.78, 5) is 12.5. The summed E-state index contributed by atoms with van der Waals surface area (Å²) in [6, 6.07) is 10.8. The highest BCUT2D eigenvalue weighted by atomic mass is 32.2. The highest BCUT2D eigenvalue weighted by molar-refractivity contribution is 7.97. The molecule has 0 saturated carbocycles. The first kappa shape index (κ1) is 22.5. The lowest BCUT2D eigenvalue weighted by atomic mass is 10.0. The van der Waals surface area contributed by atoms with Crippen LogP contribution in [-0.4, -0.2) is 48.7 Å². The fourth-order valence-corrected chi connectivity index (χ4v) is 4.91. The summed E-state index contributed by atoms with van der Waals surface area (Å²) in [5, 5.41) is 2.65. The normalized spacial score (nSPS) is 14.7. The number of benzene rings is 2. The highest BCUT2D eigenvalue weighted by Gasteiger charge is 2.38. The lowest BCUT2D eigenvalue weighted by Crippen LogP contribution is -2.40. The number of rotatable bonds is 7. The molecule has 0 bridgehead atoms. The number of para-hydroxylation sites is 1. The number of amides is 1. The van der Waals surface area contributed by atoms with Crippen molar-refractivity contribution in [2.75, 3.05) is 38.7 Å². The van der Waals surface area contributed by atoms with Crippen LogP contribution in [0.15, 0.2) is 41.3 Å². The number of nitrogens with one attached hydrogen (secondary N) is 1. The van der Waals surface area contributed by atoms with Crippen LogP contribution >= 0.6 is 0 Å². The van der Waals surface area contributed by atoms with Gasteiger partial charge in [-0.3, -0.25) is 9.10 Å². The Labute approximate surface area is 182 Å². The summed E-state index contributed by atoms with van der Waals surface area (Å²) in [6.45, 7) is 3.89. The van der Waals surface area contributed by atoms with Gasteiger partial charge in [-0.25, -0.2) is 8.42 Å². The van der Waals surface area contributed by atoms with Crippen molar-refractivity contribution in [3.63, 3.8) is 0 Å². The molecule has 2 aromatic rings. The van der Waals surface area contributed by atoms with Crippen molar-refractivity contribution in [1.29, 1.82) is 0 Å². The molecular formula is C22H26N2O6S. The predicted molar refractivity (Wildman–Crippen MR) is 119 cm³/mol. The molecule has 8 nitrogen and oxygen atoms in total. The van der Waals surface area contributed by atoms with Crippen LogP contribution in [0.3, 0.4) is 0 Å². The average Bonchev–Trinajstić information content (AvgIpc) is 2.75. The van der Waals surface area contributed by atoms with Gasteiger partial charge >= 0.3 is 0 Å². The van der Waals surface area contributed by atoms with Crippen molar-refractivity contribution >= 4 is 27.2 Å². The molecule has 0 saturated heterocycles. The van der Waals surface area contributed by atoms with Crippen LogP contribution in [0, 0.1) is 6.92 Å². The van der Waals surface area contributed by atoms with Crippen molar-refractivity contribution in [1.82, 2.24) is 5.32 Å². The van der Waals surface area contributed by atoms with E-state index in [9.17, 15) is 13.2 Å².